The maximum Gasteiger partial charge on any atom is 0.243 e. The normalized spacial score (nSPS) is 10.2. The predicted molar refractivity (Wildman–Crippen MR) is 76.7 cm³/mol. The van der Waals surface area contributed by atoms with Crippen LogP contribution in [0.25, 0.3) is 0 Å². The van der Waals surface area contributed by atoms with Gasteiger partial charge in [-0.25, -0.2) is 10.2 Å². The number of rotatable bonds is 4. The van der Waals surface area contributed by atoms with Gasteiger partial charge in [-0.1, -0.05) is 11.6 Å². The fourth-order valence-electron chi connectivity index (χ4n) is 1.40. The molecule has 9 heteroatoms. The molecule has 0 saturated carbocycles. The van der Waals surface area contributed by atoms with Gasteiger partial charge in [-0.15, -0.1) is 0 Å². The van der Waals surface area contributed by atoms with Crippen molar-refractivity contribution >= 4 is 35.1 Å². The maximum absolute atomic E-state index is 13.7. The van der Waals surface area contributed by atoms with E-state index in [2.05, 4.69) is 25.7 Å². The van der Waals surface area contributed by atoms with Gasteiger partial charge in [-0.05, 0) is 18.2 Å². The van der Waals surface area contributed by atoms with E-state index in [1.165, 1.54) is 18.2 Å². The standard InChI is InChI=1S/C11H13ClFN7/c1-20(2)11-17-9(16-10(18-11)19-14)15-8-5-6(12)3-4-7(8)13/h3-5H,14H2,1-2H3,(H2,15,16,17,18,19). The van der Waals surface area contributed by atoms with Crippen LogP contribution in [0.5, 0.6) is 0 Å². The average molecular weight is 298 g/mol. The number of aromatic nitrogens is 3. The Labute approximate surface area is 120 Å². The summed E-state index contributed by atoms with van der Waals surface area (Å²) in [7, 11) is 3.53. The van der Waals surface area contributed by atoms with Crippen molar-refractivity contribution in [2.45, 2.75) is 0 Å². The molecule has 0 aliphatic carbocycles. The molecule has 0 aliphatic rings. The molecule has 0 radical (unpaired) electrons. The van der Waals surface area contributed by atoms with Crippen molar-refractivity contribution in [3.63, 3.8) is 0 Å². The topological polar surface area (TPSA) is 92.0 Å². The number of nitrogen functional groups attached to an aromatic ring is 1. The lowest BCUT2D eigenvalue weighted by molar-refractivity contribution is 0.631. The van der Waals surface area contributed by atoms with Crippen molar-refractivity contribution < 1.29 is 4.39 Å². The van der Waals surface area contributed by atoms with E-state index in [-0.39, 0.29) is 17.6 Å². The first kappa shape index (κ1) is 14.2. The first-order valence-corrected chi connectivity index (χ1v) is 5.99. The van der Waals surface area contributed by atoms with Crippen LogP contribution < -0.4 is 21.5 Å². The Balaban J connectivity index is 2.37. The zero-order valence-electron chi connectivity index (χ0n) is 10.9. The number of hydrazine groups is 1. The molecule has 0 unspecified atom stereocenters. The molecule has 2 aromatic rings. The van der Waals surface area contributed by atoms with E-state index in [4.69, 9.17) is 17.4 Å². The van der Waals surface area contributed by atoms with Crippen LogP contribution in [0.4, 0.5) is 27.9 Å². The summed E-state index contributed by atoms with van der Waals surface area (Å²) in [6.07, 6.45) is 0. The van der Waals surface area contributed by atoms with Gasteiger partial charge in [0.05, 0.1) is 5.69 Å². The number of benzene rings is 1. The van der Waals surface area contributed by atoms with Gasteiger partial charge in [-0.3, -0.25) is 5.43 Å². The predicted octanol–water partition coefficient (Wildman–Crippen LogP) is 1.76. The number of nitrogens with zero attached hydrogens (tertiary/aromatic N) is 4. The number of anilines is 4. The summed E-state index contributed by atoms with van der Waals surface area (Å²) in [6, 6.07) is 4.14. The Hall–Kier alpha value is -2.19. The van der Waals surface area contributed by atoms with Crippen LogP contribution in [0.2, 0.25) is 5.02 Å². The summed E-state index contributed by atoms with van der Waals surface area (Å²) in [5.41, 5.74) is 2.49. The summed E-state index contributed by atoms with van der Waals surface area (Å²) >= 11 is 5.82. The molecule has 0 aliphatic heterocycles. The number of nitrogens with one attached hydrogen (secondary N) is 2. The summed E-state index contributed by atoms with van der Waals surface area (Å²) in [5, 5.41) is 3.14. The summed E-state index contributed by atoms with van der Waals surface area (Å²) < 4.78 is 13.7. The van der Waals surface area contributed by atoms with Gasteiger partial charge in [0.25, 0.3) is 0 Å². The molecule has 0 fully saturated rings. The van der Waals surface area contributed by atoms with Gasteiger partial charge in [0.1, 0.15) is 5.82 Å². The van der Waals surface area contributed by atoms with E-state index in [9.17, 15) is 4.39 Å². The molecule has 4 N–H and O–H groups in total. The van der Waals surface area contributed by atoms with Crippen LogP contribution >= 0.6 is 11.6 Å². The van der Waals surface area contributed by atoms with E-state index >= 15 is 0 Å². The van der Waals surface area contributed by atoms with Crippen LogP contribution in [-0.2, 0) is 0 Å². The molecule has 0 bridgehead atoms. The van der Waals surface area contributed by atoms with Crippen LogP contribution in [0.3, 0.4) is 0 Å². The molecule has 1 heterocycles. The molecule has 0 spiro atoms. The van der Waals surface area contributed by atoms with Gasteiger partial charge in [0.15, 0.2) is 0 Å². The minimum atomic E-state index is -0.469. The molecular weight excluding hydrogens is 285 g/mol. The van der Waals surface area contributed by atoms with Crippen LogP contribution in [0.1, 0.15) is 0 Å². The van der Waals surface area contributed by atoms with Gasteiger partial charge in [0.2, 0.25) is 17.8 Å². The zero-order chi connectivity index (χ0) is 14.7. The van der Waals surface area contributed by atoms with E-state index in [0.717, 1.165) is 0 Å². The lowest BCUT2D eigenvalue weighted by Crippen LogP contribution is -2.18. The van der Waals surface area contributed by atoms with Crippen LogP contribution in [-0.4, -0.2) is 29.0 Å². The molecule has 2 rings (SSSR count). The van der Waals surface area contributed by atoms with Crippen molar-refractivity contribution in [2.24, 2.45) is 5.84 Å². The average Bonchev–Trinajstić information content (AvgIpc) is 2.42. The number of halogens is 2. The van der Waals surface area contributed by atoms with Gasteiger partial charge >= 0.3 is 0 Å². The first-order chi connectivity index (χ1) is 9.49. The van der Waals surface area contributed by atoms with E-state index in [1.807, 2.05) is 0 Å². The van der Waals surface area contributed by atoms with Crippen molar-refractivity contribution in [3.05, 3.63) is 29.0 Å². The molecule has 106 valence electrons. The van der Waals surface area contributed by atoms with Crippen molar-refractivity contribution in [3.8, 4) is 0 Å². The Kier molecular flexibility index (Phi) is 4.16. The lowest BCUT2D eigenvalue weighted by atomic mass is 10.3. The van der Waals surface area contributed by atoms with E-state index < -0.39 is 5.82 Å². The summed E-state index contributed by atoms with van der Waals surface area (Å²) in [6.45, 7) is 0. The Morgan fingerprint density at radius 2 is 1.90 bits per heavy atom. The Morgan fingerprint density at radius 1 is 1.20 bits per heavy atom. The summed E-state index contributed by atoms with van der Waals surface area (Å²) in [4.78, 5) is 13.8. The van der Waals surface area contributed by atoms with Crippen molar-refractivity contribution in [2.75, 3.05) is 29.7 Å². The molecule has 1 aromatic heterocycles. The zero-order valence-corrected chi connectivity index (χ0v) is 11.6. The second kappa shape index (κ2) is 5.85. The third-order valence-corrected chi connectivity index (χ3v) is 2.56. The SMILES string of the molecule is CN(C)c1nc(NN)nc(Nc2cc(Cl)ccc2F)n1. The fourth-order valence-corrected chi connectivity index (χ4v) is 1.57. The highest BCUT2D eigenvalue weighted by atomic mass is 35.5. The van der Waals surface area contributed by atoms with E-state index in [1.54, 1.807) is 19.0 Å². The number of hydrogen-bond acceptors (Lipinski definition) is 7. The Morgan fingerprint density at radius 3 is 2.55 bits per heavy atom. The minimum Gasteiger partial charge on any atom is -0.347 e. The molecule has 0 amide bonds. The number of hydrogen-bond donors (Lipinski definition) is 3. The van der Waals surface area contributed by atoms with E-state index in [0.29, 0.717) is 11.0 Å². The lowest BCUT2D eigenvalue weighted by Gasteiger charge is -2.13. The highest BCUT2D eigenvalue weighted by Gasteiger charge is 2.10. The monoisotopic (exact) mass is 297 g/mol. The Bertz CT molecular complexity index is 620. The molecule has 0 saturated heterocycles. The first-order valence-electron chi connectivity index (χ1n) is 5.61. The molecular formula is C11H13ClFN7. The molecule has 20 heavy (non-hydrogen) atoms. The molecule has 7 nitrogen and oxygen atoms in total. The van der Waals surface area contributed by atoms with Crippen LogP contribution in [0.15, 0.2) is 18.2 Å². The smallest absolute Gasteiger partial charge is 0.243 e. The maximum atomic E-state index is 13.7. The van der Waals surface area contributed by atoms with Crippen molar-refractivity contribution in [1.82, 2.24) is 15.0 Å². The van der Waals surface area contributed by atoms with Crippen molar-refractivity contribution in [1.29, 1.82) is 0 Å². The van der Waals surface area contributed by atoms with Crippen LogP contribution in [0, 0.1) is 5.82 Å². The molecule has 0 atom stereocenters. The highest BCUT2D eigenvalue weighted by molar-refractivity contribution is 6.30. The largest absolute Gasteiger partial charge is 0.347 e. The highest BCUT2D eigenvalue weighted by Crippen LogP contribution is 2.23. The second-order valence-corrected chi connectivity index (χ2v) is 4.51. The fraction of sp³-hybridized carbons (Fsp3) is 0.182. The summed E-state index contributed by atoms with van der Waals surface area (Å²) in [5.74, 6) is 5.51. The third kappa shape index (κ3) is 3.22. The molecule has 1 aromatic carbocycles. The third-order valence-electron chi connectivity index (χ3n) is 2.33. The second-order valence-electron chi connectivity index (χ2n) is 4.07. The number of nitrogens with two attached hydrogens (primary N) is 1. The quantitative estimate of drug-likeness (QED) is 0.585. The van der Waals surface area contributed by atoms with Gasteiger partial charge in [-0.2, -0.15) is 15.0 Å². The minimum absolute atomic E-state index is 0.151. The van der Waals surface area contributed by atoms with Gasteiger partial charge < -0.3 is 10.2 Å². The van der Waals surface area contributed by atoms with Gasteiger partial charge in [0, 0.05) is 19.1 Å².